The van der Waals surface area contributed by atoms with E-state index in [1.54, 1.807) is 0 Å². The third kappa shape index (κ3) is 4.19. The Labute approximate surface area is 126 Å². The van der Waals surface area contributed by atoms with Crippen LogP contribution in [0.25, 0.3) is 0 Å². The number of aliphatic imine (C=N–C) groups is 1. The Bertz CT molecular complexity index is 586. The molecule has 2 nitrogen and oxygen atoms in total. The van der Waals surface area contributed by atoms with Crippen molar-refractivity contribution in [3.05, 3.63) is 60.2 Å². The molecule has 0 atom stereocenters. The average molecular weight is 279 g/mol. The van der Waals surface area contributed by atoms with Gasteiger partial charge in [-0.25, -0.2) is 0 Å². The van der Waals surface area contributed by atoms with Gasteiger partial charge in [-0.2, -0.15) is 0 Å². The molecular weight excluding hydrogens is 258 g/mol. The molecule has 0 heterocycles. The Balaban J connectivity index is 1.66. The minimum Gasteiger partial charge on any atom is -0.457 e. The molecule has 1 fully saturated rings. The molecule has 3 rings (SSSR count). The van der Waals surface area contributed by atoms with E-state index in [0.717, 1.165) is 17.1 Å². The largest absolute Gasteiger partial charge is 0.457 e. The zero-order chi connectivity index (χ0) is 14.3. The monoisotopic (exact) mass is 279 g/mol. The molecule has 108 valence electrons. The van der Waals surface area contributed by atoms with Crippen molar-refractivity contribution in [3.63, 3.8) is 0 Å². The Morgan fingerprint density at radius 2 is 1.62 bits per heavy atom. The minimum absolute atomic E-state index is 0.512. The highest BCUT2D eigenvalue weighted by atomic mass is 16.5. The fourth-order valence-corrected chi connectivity index (χ4v) is 2.70. The van der Waals surface area contributed by atoms with Gasteiger partial charge in [-0.05, 0) is 42.7 Å². The van der Waals surface area contributed by atoms with E-state index in [0.29, 0.717) is 6.04 Å². The third-order valence-electron chi connectivity index (χ3n) is 3.85. The van der Waals surface area contributed by atoms with Crippen molar-refractivity contribution in [1.29, 1.82) is 0 Å². The van der Waals surface area contributed by atoms with Gasteiger partial charge in [0.25, 0.3) is 0 Å². The Morgan fingerprint density at radius 1 is 0.857 bits per heavy atom. The normalized spacial score (nSPS) is 16.2. The molecule has 1 aliphatic rings. The maximum atomic E-state index is 5.85. The van der Waals surface area contributed by atoms with Crippen LogP contribution in [0, 0.1) is 0 Å². The van der Waals surface area contributed by atoms with Crippen molar-refractivity contribution < 1.29 is 4.74 Å². The Hall–Kier alpha value is -2.09. The predicted molar refractivity (Wildman–Crippen MR) is 87.4 cm³/mol. The number of rotatable bonds is 4. The van der Waals surface area contributed by atoms with Crippen molar-refractivity contribution in [2.24, 2.45) is 4.99 Å². The van der Waals surface area contributed by atoms with E-state index in [-0.39, 0.29) is 0 Å². The van der Waals surface area contributed by atoms with Gasteiger partial charge in [0.05, 0.1) is 0 Å². The highest BCUT2D eigenvalue weighted by molar-refractivity contribution is 5.80. The number of hydrogen-bond donors (Lipinski definition) is 0. The molecule has 2 aromatic carbocycles. The smallest absolute Gasteiger partial charge is 0.128 e. The topological polar surface area (TPSA) is 21.6 Å². The summed E-state index contributed by atoms with van der Waals surface area (Å²) in [5, 5.41) is 0. The van der Waals surface area contributed by atoms with Gasteiger partial charge in [0.1, 0.15) is 11.5 Å². The van der Waals surface area contributed by atoms with Gasteiger partial charge >= 0.3 is 0 Å². The zero-order valence-corrected chi connectivity index (χ0v) is 12.2. The van der Waals surface area contributed by atoms with Crippen LogP contribution in [0.1, 0.15) is 37.7 Å². The van der Waals surface area contributed by atoms with E-state index < -0.39 is 0 Å². The summed E-state index contributed by atoms with van der Waals surface area (Å²) < 4.78 is 5.85. The molecule has 0 bridgehead atoms. The molecule has 0 radical (unpaired) electrons. The number of para-hydroxylation sites is 1. The first-order chi connectivity index (χ1) is 10.4. The van der Waals surface area contributed by atoms with Crippen LogP contribution in [-0.4, -0.2) is 12.3 Å². The lowest BCUT2D eigenvalue weighted by atomic mass is 9.96. The van der Waals surface area contributed by atoms with Gasteiger partial charge < -0.3 is 4.74 Å². The van der Waals surface area contributed by atoms with Crippen LogP contribution in [0.15, 0.2) is 59.6 Å². The van der Waals surface area contributed by atoms with Crippen LogP contribution in [-0.2, 0) is 0 Å². The van der Waals surface area contributed by atoms with Crippen molar-refractivity contribution >= 4 is 6.21 Å². The molecule has 1 aliphatic carbocycles. The number of ether oxygens (including phenoxy) is 1. The Morgan fingerprint density at radius 3 is 2.43 bits per heavy atom. The standard InChI is InChI=1S/C19H21NO/c1-3-9-17(10-4-1)20-15-16-8-7-13-19(14-16)21-18-11-5-2-6-12-18/h2,5-8,11-15,17H,1,3-4,9-10H2. The SMILES string of the molecule is C(=NC1CCCCC1)c1cccc(Oc2ccccc2)c1. The quantitative estimate of drug-likeness (QED) is 0.702. The first-order valence-corrected chi connectivity index (χ1v) is 7.76. The van der Waals surface area contributed by atoms with Crippen molar-refractivity contribution in [1.82, 2.24) is 0 Å². The fraction of sp³-hybridized carbons (Fsp3) is 0.316. The molecule has 21 heavy (non-hydrogen) atoms. The summed E-state index contributed by atoms with van der Waals surface area (Å²) in [7, 11) is 0. The van der Waals surface area contributed by atoms with Crippen LogP contribution in [0.2, 0.25) is 0 Å². The van der Waals surface area contributed by atoms with E-state index in [1.807, 2.05) is 54.7 Å². The van der Waals surface area contributed by atoms with Gasteiger partial charge in [0.15, 0.2) is 0 Å². The molecule has 2 aromatic rings. The molecule has 0 spiro atoms. The van der Waals surface area contributed by atoms with Gasteiger partial charge in [-0.1, -0.05) is 49.6 Å². The number of hydrogen-bond acceptors (Lipinski definition) is 2. The minimum atomic E-state index is 0.512. The molecule has 0 saturated heterocycles. The van der Waals surface area contributed by atoms with Gasteiger partial charge in [0, 0.05) is 12.3 Å². The number of nitrogens with zero attached hydrogens (tertiary/aromatic N) is 1. The van der Waals surface area contributed by atoms with Crippen LogP contribution in [0.4, 0.5) is 0 Å². The molecule has 1 saturated carbocycles. The summed E-state index contributed by atoms with van der Waals surface area (Å²) in [5.74, 6) is 1.72. The Kier molecular flexibility index (Phi) is 4.67. The molecule has 0 aromatic heterocycles. The highest BCUT2D eigenvalue weighted by Crippen LogP contribution is 2.22. The highest BCUT2D eigenvalue weighted by Gasteiger charge is 2.10. The molecule has 0 N–H and O–H groups in total. The van der Waals surface area contributed by atoms with Crippen molar-refractivity contribution in [2.75, 3.05) is 0 Å². The lowest BCUT2D eigenvalue weighted by molar-refractivity contribution is 0.444. The second-order valence-electron chi connectivity index (χ2n) is 5.56. The lowest BCUT2D eigenvalue weighted by Gasteiger charge is -2.17. The first kappa shape index (κ1) is 13.9. The van der Waals surface area contributed by atoms with E-state index in [9.17, 15) is 0 Å². The van der Waals surface area contributed by atoms with Crippen LogP contribution < -0.4 is 4.74 Å². The fourth-order valence-electron chi connectivity index (χ4n) is 2.70. The zero-order valence-electron chi connectivity index (χ0n) is 12.2. The summed E-state index contributed by atoms with van der Waals surface area (Å²) >= 11 is 0. The summed E-state index contributed by atoms with van der Waals surface area (Å²) in [4.78, 5) is 4.72. The van der Waals surface area contributed by atoms with Gasteiger partial charge in [-0.15, -0.1) is 0 Å². The van der Waals surface area contributed by atoms with Crippen LogP contribution in [0.3, 0.4) is 0 Å². The van der Waals surface area contributed by atoms with Crippen molar-refractivity contribution in [3.8, 4) is 11.5 Å². The van der Waals surface area contributed by atoms with Crippen molar-refractivity contribution in [2.45, 2.75) is 38.1 Å². The van der Waals surface area contributed by atoms with E-state index in [1.165, 1.54) is 32.1 Å². The van der Waals surface area contributed by atoms with Crippen LogP contribution >= 0.6 is 0 Å². The molecule has 0 unspecified atom stereocenters. The van der Waals surface area contributed by atoms with E-state index in [4.69, 9.17) is 9.73 Å². The second kappa shape index (κ2) is 7.07. The summed E-state index contributed by atoms with van der Waals surface area (Å²) in [5.41, 5.74) is 1.11. The average Bonchev–Trinajstić information content (AvgIpc) is 2.55. The van der Waals surface area contributed by atoms with E-state index in [2.05, 4.69) is 6.07 Å². The van der Waals surface area contributed by atoms with E-state index >= 15 is 0 Å². The lowest BCUT2D eigenvalue weighted by Crippen LogP contribution is -2.09. The van der Waals surface area contributed by atoms with Gasteiger partial charge in [0.2, 0.25) is 0 Å². The summed E-state index contributed by atoms with van der Waals surface area (Å²) in [6, 6.07) is 18.5. The van der Waals surface area contributed by atoms with Crippen LogP contribution in [0.5, 0.6) is 11.5 Å². The second-order valence-corrected chi connectivity index (χ2v) is 5.56. The maximum Gasteiger partial charge on any atom is 0.128 e. The molecule has 0 aliphatic heterocycles. The summed E-state index contributed by atoms with van der Waals surface area (Å²) in [6.45, 7) is 0. The molecule has 2 heteroatoms. The molecular formula is C19H21NO. The third-order valence-corrected chi connectivity index (χ3v) is 3.85. The summed E-state index contributed by atoms with van der Waals surface area (Å²) in [6.07, 6.45) is 8.46. The maximum absolute atomic E-state index is 5.85. The first-order valence-electron chi connectivity index (χ1n) is 7.76. The van der Waals surface area contributed by atoms with Gasteiger partial charge in [-0.3, -0.25) is 4.99 Å². The number of benzene rings is 2. The molecule has 0 amide bonds. The predicted octanol–water partition coefficient (Wildman–Crippen LogP) is 5.23.